The van der Waals surface area contributed by atoms with Gasteiger partial charge in [-0.1, -0.05) is 63.8 Å². The summed E-state index contributed by atoms with van der Waals surface area (Å²) in [5.74, 6) is -1.43. The second kappa shape index (κ2) is 14.4. The van der Waals surface area contributed by atoms with Crippen LogP contribution >= 0.6 is 0 Å². The van der Waals surface area contributed by atoms with Crippen molar-refractivity contribution in [3.63, 3.8) is 0 Å². The van der Waals surface area contributed by atoms with E-state index in [1.165, 1.54) is 12.1 Å². The van der Waals surface area contributed by atoms with E-state index in [-0.39, 0.29) is 22.6 Å². The Morgan fingerprint density at radius 3 is 1.29 bits per heavy atom. The highest BCUT2D eigenvalue weighted by molar-refractivity contribution is 5.92. The smallest absolute Gasteiger partial charge is 0.343 e. The summed E-state index contributed by atoms with van der Waals surface area (Å²) in [6.07, 6.45) is 8.64. The number of benzene rings is 3. The maximum atomic E-state index is 12.7. The summed E-state index contributed by atoms with van der Waals surface area (Å²) in [6.45, 7) is 4.30. The molecule has 0 N–H and O–H groups in total. The summed E-state index contributed by atoms with van der Waals surface area (Å²) < 4.78 is 10.9. The average Bonchev–Trinajstić information content (AvgIpc) is 2.94. The van der Waals surface area contributed by atoms with Crippen molar-refractivity contribution in [2.24, 2.45) is 0 Å². The van der Waals surface area contributed by atoms with Crippen molar-refractivity contribution < 1.29 is 19.1 Å². The van der Waals surface area contributed by atoms with Gasteiger partial charge in [0.25, 0.3) is 0 Å². The number of hydrogen-bond donors (Lipinski definition) is 0. The molecule has 0 fully saturated rings. The monoisotopic (exact) mass is 508 g/mol. The third-order valence-electron chi connectivity index (χ3n) is 6.28. The summed E-state index contributed by atoms with van der Waals surface area (Å²) in [5.41, 5.74) is 2.59. The fourth-order valence-corrected chi connectivity index (χ4v) is 4.05. The van der Waals surface area contributed by atoms with Crippen LogP contribution in [0.15, 0.2) is 60.7 Å². The van der Waals surface area contributed by atoms with Crippen molar-refractivity contribution in [2.75, 3.05) is 0 Å². The van der Waals surface area contributed by atoms with Gasteiger partial charge in [-0.25, -0.2) is 9.59 Å². The molecule has 0 unspecified atom stereocenters. The van der Waals surface area contributed by atoms with E-state index in [0.29, 0.717) is 11.1 Å². The fraction of sp³-hybridized carbons (Fsp3) is 0.312. The highest BCUT2D eigenvalue weighted by Gasteiger charge is 2.21. The van der Waals surface area contributed by atoms with Crippen molar-refractivity contribution in [3.8, 4) is 23.6 Å². The molecule has 0 amide bonds. The molecule has 0 aliphatic rings. The Morgan fingerprint density at radius 1 is 0.605 bits per heavy atom. The van der Waals surface area contributed by atoms with E-state index in [1.807, 2.05) is 36.4 Å². The summed E-state index contributed by atoms with van der Waals surface area (Å²) in [4.78, 5) is 25.4. The summed E-state index contributed by atoms with van der Waals surface area (Å²) in [5, 5.41) is 19.4. The molecule has 0 radical (unpaired) electrons. The van der Waals surface area contributed by atoms with E-state index in [4.69, 9.17) is 9.47 Å². The highest BCUT2D eigenvalue weighted by atomic mass is 16.5. The molecule has 6 heteroatoms. The highest BCUT2D eigenvalue weighted by Crippen LogP contribution is 2.31. The minimum Gasteiger partial charge on any atom is -0.421 e. The third kappa shape index (κ3) is 7.54. The molecule has 0 aliphatic heterocycles. The van der Waals surface area contributed by atoms with E-state index in [9.17, 15) is 20.1 Å². The van der Waals surface area contributed by atoms with Crippen LogP contribution in [0.5, 0.6) is 11.5 Å². The third-order valence-corrected chi connectivity index (χ3v) is 6.28. The maximum absolute atomic E-state index is 12.7. The van der Waals surface area contributed by atoms with Crippen molar-refractivity contribution in [1.82, 2.24) is 0 Å². The molecule has 3 aromatic rings. The molecule has 3 rings (SSSR count). The van der Waals surface area contributed by atoms with Gasteiger partial charge < -0.3 is 9.47 Å². The van der Waals surface area contributed by atoms with Crippen molar-refractivity contribution in [2.45, 2.75) is 65.2 Å². The van der Waals surface area contributed by atoms with Crippen LogP contribution in [-0.2, 0) is 12.8 Å². The number of carbonyl (C=O) groups excluding carboxylic acids is 2. The lowest BCUT2D eigenvalue weighted by molar-refractivity contribution is 0.0718. The van der Waals surface area contributed by atoms with Crippen LogP contribution in [0.4, 0.5) is 0 Å². The largest absolute Gasteiger partial charge is 0.421 e. The first-order valence-corrected chi connectivity index (χ1v) is 13.1. The SMILES string of the molecule is CCCCCc1ccc(C(=O)Oc2ccc(OC(=O)c3ccc(CCCCC)cc3)c(C#N)c2C#N)cc1. The maximum Gasteiger partial charge on any atom is 0.343 e. The molecule has 0 saturated carbocycles. The van der Waals surface area contributed by atoms with E-state index in [2.05, 4.69) is 13.8 Å². The lowest BCUT2D eigenvalue weighted by Crippen LogP contribution is -2.12. The van der Waals surface area contributed by atoms with E-state index < -0.39 is 11.9 Å². The molecule has 6 nitrogen and oxygen atoms in total. The molecular formula is C32H32N2O4. The van der Waals surface area contributed by atoms with Gasteiger partial charge in [0.1, 0.15) is 23.3 Å². The van der Waals surface area contributed by atoms with Gasteiger partial charge in [0.2, 0.25) is 0 Å². The summed E-state index contributed by atoms with van der Waals surface area (Å²) in [7, 11) is 0. The molecule has 194 valence electrons. The number of aryl methyl sites for hydroxylation is 2. The molecule has 3 aromatic carbocycles. The molecule has 0 saturated heterocycles. The quantitative estimate of drug-likeness (QED) is 0.144. The molecule has 0 atom stereocenters. The summed E-state index contributed by atoms with van der Waals surface area (Å²) in [6, 6.07) is 20.8. The minimum atomic E-state index is -0.644. The van der Waals surface area contributed by atoms with Crippen LogP contribution in [0.25, 0.3) is 0 Å². The van der Waals surface area contributed by atoms with Gasteiger partial charge in [-0.2, -0.15) is 10.5 Å². The lowest BCUT2D eigenvalue weighted by atomic mass is 10.0. The molecule has 0 aliphatic carbocycles. The second-order valence-corrected chi connectivity index (χ2v) is 9.12. The van der Waals surface area contributed by atoms with Gasteiger partial charge in [-0.3, -0.25) is 0 Å². The van der Waals surface area contributed by atoms with Crippen LogP contribution < -0.4 is 9.47 Å². The topological polar surface area (TPSA) is 100 Å². The van der Waals surface area contributed by atoms with Gasteiger partial charge in [0.15, 0.2) is 11.5 Å². The fourth-order valence-electron chi connectivity index (χ4n) is 4.05. The first kappa shape index (κ1) is 28.2. The van der Waals surface area contributed by atoms with Crippen LogP contribution in [-0.4, -0.2) is 11.9 Å². The zero-order valence-corrected chi connectivity index (χ0v) is 22.0. The predicted molar refractivity (Wildman–Crippen MR) is 145 cm³/mol. The van der Waals surface area contributed by atoms with Crippen LogP contribution in [0, 0.1) is 22.7 Å². The number of nitriles is 2. The first-order valence-electron chi connectivity index (χ1n) is 13.1. The zero-order chi connectivity index (χ0) is 27.3. The number of ether oxygens (including phenoxy) is 2. The lowest BCUT2D eigenvalue weighted by Gasteiger charge is -2.11. The Balaban J connectivity index is 1.72. The van der Waals surface area contributed by atoms with Gasteiger partial charge in [-0.05, 0) is 73.2 Å². The Morgan fingerprint density at radius 2 is 0.974 bits per heavy atom. The molecular weight excluding hydrogens is 476 g/mol. The van der Waals surface area contributed by atoms with Gasteiger partial charge in [0.05, 0.1) is 11.1 Å². The van der Waals surface area contributed by atoms with Gasteiger partial charge in [0, 0.05) is 0 Å². The van der Waals surface area contributed by atoms with Gasteiger partial charge >= 0.3 is 11.9 Å². The Kier molecular flexibility index (Phi) is 10.6. The van der Waals surface area contributed by atoms with E-state index in [0.717, 1.165) is 62.5 Å². The standard InChI is InChI=1S/C32H32N2O4/c1-3-5-7-9-23-11-15-25(16-12-23)31(35)37-29-19-20-30(28(22-34)27(29)21-33)38-32(36)26-17-13-24(14-18-26)10-8-6-4-2/h11-20H,3-10H2,1-2H3. The normalized spacial score (nSPS) is 10.3. The van der Waals surface area contributed by atoms with E-state index >= 15 is 0 Å². The van der Waals surface area contributed by atoms with E-state index in [1.54, 1.807) is 24.3 Å². The predicted octanol–water partition coefficient (Wildman–Crippen LogP) is 7.33. The molecule has 0 heterocycles. The molecule has 0 bridgehead atoms. The Labute approximate surface area is 224 Å². The first-order chi connectivity index (χ1) is 18.5. The Bertz CT molecular complexity index is 1230. The van der Waals surface area contributed by atoms with Crippen LogP contribution in [0.3, 0.4) is 0 Å². The van der Waals surface area contributed by atoms with Gasteiger partial charge in [-0.15, -0.1) is 0 Å². The zero-order valence-electron chi connectivity index (χ0n) is 22.0. The van der Waals surface area contributed by atoms with Crippen LogP contribution in [0.2, 0.25) is 0 Å². The Hall–Kier alpha value is -4.42. The molecule has 0 spiro atoms. The van der Waals surface area contributed by atoms with Crippen molar-refractivity contribution >= 4 is 11.9 Å². The van der Waals surface area contributed by atoms with Crippen molar-refractivity contribution in [3.05, 3.63) is 94.0 Å². The number of rotatable bonds is 12. The summed E-state index contributed by atoms with van der Waals surface area (Å²) >= 11 is 0. The second-order valence-electron chi connectivity index (χ2n) is 9.12. The number of nitrogens with zero attached hydrogens (tertiary/aromatic N) is 2. The number of esters is 2. The minimum absolute atomic E-state index is 0.0719. The number of carbonyl (C=O) groups is 2. The molecule has 38 heavy (non-hydrogen) atoms. The number of hydrogen-bond acceptors (Lipinski definition) is 6. The molecule has 0 aromatic heterocycles. The number of unbranched alkanes of at least 4 members (excludes halogenated alkanes) is 4. The van der Waals surface area contributed by atoms with Crippen LogP contribution in [0.1, 0.15) is 95.3 Å². The average molecular weight is 509 g/mol. The van der Waals surface area contributed by atoms with Crippen molar-refractivity contribution in [1.29, 1.82) is 10.5 Å².